The van der Waals surface area contributed by atoms with Crippen LogP contribution in [-0.2, 0) is 32.7 Å². The number of hydrogen-bond acceptors (Lipinski definition) is 8. The van der Waals surface area contributed by atoms with E-state index in [2.05, 4.69) is 148 Å². The first-order chi connectivity index (χ1) is 34.0. The van der Waals surface area contributed by atoms with E-state index in [0.717, 1.165) is 116 Å². The highest BCUT2D eigenvalue weighted by Gasteiger charge is 2.21. The molecule has 2 unspecified atom stereocenters. The van der Waals surface area contributed by atoms with Crippen LogP contribution >= 0.6 is 7.82 Å². The Bertz CT molecular complexity index is 1640. The molecule has 0 fully saturated rings. The highest BCUT2D eigenvalue weighted by atomic mass is 31.2. The van der Waals surface area contributed by atoms with Crippen LogP contribution in [0.25, 0.3) is 0 Å². The Hall–Kier alpha value is -3.85. The van der Waals surface area contributed by atoms with Gasteiger partial charge in [0.25, 0.3) is 7.82 Å². The summed E-state index contributed by atoms with van der Waals surface area (Å²) in [5, 5.41) is 0. The summed E-state index contributed by atoms with van der Waals surface area (Å²) in [6.07, 6.45) is 72.0. The first-order valence-electron chi connectivity index (χ1n) is 26.9. The third-order valence-electron chi connectivity index (χ3n) is 10.7. The van der Waals surface area contributed by atoms with E-state index in [-0.39, 0.29) is 26.1 Å². The van der Waals surface area contributed by atoms with Crippen molar-refractivity contribution in [2.75, 3.05) is 47.5 Å². The number of carbonyl (C=O) groups is 2. The van der Waals surface area contributed by atoms with E-state index in [9.17, 15) is 19.0 Å². The smallest absolute Gasteiger partial charge is 0.306 e. The maximum atomic E-state index is 12.8. The van der Waals surface area contributed by atoms with Crippen LogP contribution in [0.1, 0.15) is 181 Å². The number of quaternary nitrogens is 1. The van der Waals surface area contributed by atoms with Gasteiger partial charge in [-0.25, -0.2) is 0 Å². The van der Waals surface area contributed by atoms with Crippen molar-refractivity contribution < 1.29 is 42.1 Å². The molecule has 0 rings (SSSR count). The Balaban J connectivity index is 4.39. The van der Waals surface area contributed by atoms with Crippen molar-refractivity contribution >= 4 is 19.8 Å². The Morgan fingerprint density at radius 2 is 0.814 bits per heavy atom. The van der Waals surface area contributed by atoms with Gasteiger partial charge in [-0.1, -0.05) is 186 Å². The topological polar surface area (TPSA) is 111 Å². The van der Waals surface area contributed by atoms with Gasteiger partial charge in [0.05, 0.1) is 27.7 Å². The fraction of sp³-hybridized carbons (Fsp3) is 0.600. The van der Waals surface area contributed by atoms with Crippen LogP contribution in [0.4, 0.5) is 0 Å². The second-order valence-electron chi connectivity index (χ2n) is 18.5. The van der Waals surface area contributed by atoms with Gasteiger partial charge in [-0.15, -0.1) is 0 Å². The number of nitrogens with zero attached hydrogens (tertiary/aromatic N) is 1. The molecule has 0 aromatic heterocycles. The number of rotatable bonds is 47. The molecule has 0 aromatic rings. The summed E-state index contributed by atoms with van der Waals surface area (Å²) >= 11 is 0. The average molecular weight is 992 g/mol. The molecular weight excluding hydrogens is 894 g/mol. The fourth-order valence-corrected chi connectivity index (χ4v) is 7.23. The van der Waals surface area contributed by atoms with Crippen molar-refractivity contribution in [3.05, 3.63) is 134 Å². The molecule has 0 amide bonds. The van der Waals surface area contributed by atoms with Crippen LogP contribution in [0.2, 0.25) is 0 Å². The fourth-order valence-electron chi connectivity index (χ4n) is 6.50. The van der Waals surface area contributed by atoms with E-state index in [1.807, 2.05) is 21.1 Å². The highest BCUT2D eigenvalue weighted by molar-refractivity contribution is 7.45. The van der Waals surface area contributed by atoms with Crippen molar-refractivity contribution in [1.29, 1.82) is 0 Å². The van der Waals surface area contributed by atoms with Gasteiger partial charge in [-0.05, 0) is 116 Å². The Morgan fingerprint density at radius 3 is 1.24 bits per heavy atom. The van der Waals surface area contributed by atoms with E-state index >= 15 is 0 Å². The molecule has 0 saturated heterocycles. The van der Waals surface area contributed by atoms with Gasteiger partial charge in [-0.2, -0.15) is 0 Å². The monoisotopic (exact) mass is 992 g/mol. The number of unbranched alkanes of at least 4 members (excludes halogenated alkanes) is 11. The number of carbonyl (C=O) groups excluding carboxylic acids is 2. The summed E-state index contributed by atoms with van der Waals surface area (Å²) in [6, 6.07) is 0. The molecule has 0 saturated carbocycles. The quantitative estimate of drug-likeness (QED) is 0.0195. The Kier molecular flexibility index (Phi) is 47.3. The summed E-state index contributed by atoms with van der Waals surface area (Å²) in [6.45, 7) is 4.00. The van der Waals surface area contributed by atoms with Crippen molar-refractivity contribution in [3.63, 3.8) is 0 Å². The maximum Gasteiger partial charge on any atom is 0.306 e. The molecule has 70 heavy (non-hydrogen) atoms. The summed E-state index contributed by atoms with van der Waals surface area (Å²) in [7, 11) is 1.10. The molecule has 0 radical (unpaired) electrons. The molecule has 0 spiro atoms. The number of esters is 2. The first kappa shape index (κ1) is 66.2. The van der Waals surface area contributed by atoms with Gasteiger partial charge in [-0.3, -0.25) is 14.2 Å². The van der Waals surface area contributed by atoms with Crippen LogP contribution in [0, 0.1) is 0 Å². The van der Waals surface area contributed by atoms with Gasteiger partial charge in [0.2, 0.25) is 0 Å². The predicted octanol–water partition coefficient (Wildman–Crippen LogP) is 15.9. The number of allylic oxidation sites excluding steroid dienone is 22. The molecule has 2 atom stereocenters. The van der Waals surface area contributed by atoms with E-state index in [0.29, 0.717) is 23.9 Å². The van der Waals surface area contributed by atoms with Crippen molar-refractivity contribution in [2.24, 2.45) is 0 Å². The second kappa shape index (κ2) is 50.1. The van der Waals surface area contributed by atoms with E-state index in [1.54, 1.807) is 0 Å². The first-order valence-corrected chi connectivity index (χ1v) is 28.4. The maximum absolute atomic E-state index is 12.8. The normalized spacial score (nSPS) is 14.4. The third-order valence-corrected chi connectivity index (χ3v) is 11.6. The van der Waals surface area contributed by atoms with Gasteiger partial charge in [0.1, 0.15) is 19.8 Å². The van der Waals surface area contributed by atoms with Gasteiger partial charge in [0.15, 0.2) is 6.10 Å². The minimum absolute atomic E-state index is 0.0502. The van der Waals surface area contributed by atoms with Crippen molar-refractivity contribution in [1.82, 2.24) is 0 Å². The summed E-state index contributed by atoms with van der Waals surface area (Å²) in [5.74, 6) is -0.912. The van der Waals surface area contributed by atoms with Gasteiger partial charge < -0.3 is 27.9 Å². The Morgan fingerprint density at radius 1 is 0.457 bits per heavy atom. The second-order valence-corrected chi connectivity index (χ2v) is 19.9. The van der Waals surface area contributed by atoms with Crippen LogP contribution in [-0.4, -0.2) is 70.0 Å². The van der Waals surface area contributed by atoms with Crippen LogP contribution in [0.3, 0.4) is 0 Å². The molecule has 0 N–H and O–H groups in total. The number of hydrogen-bond donors (Lipinski definition) is 0. The third kappa shape index (κ3) is 53.5. The highest BCUT2D eigenvalue weighted by Crippen LogP contribution is 2.38. The zero-order chi connectivity index (χ0) is 51.3. The largest absolute Gasteiger partial charge is 0.756 e. The molecule has 0 heterocycles. The van der Waals surface area contributed by atoms with Crippen LogP contribution in [0.15, 0.2) is 134 Å². The molecule has 396 valence electrons. The lowest BCUT2D eigenvalue weighted by molar-refractivity contribution is -0.870. The summed E-state index contributed by atoms with van der Waals surface area (Å²) in [4.78, 5) is 37.8. The zero-order valence-corrected chi connectivity index (χ0v) is 45.5. The molecule has 0 aliphatic carbocycles. The van der Waals surface area contributed by atoms with E-state index in [1.165, 1.54) is 25.7 Å². The molecule has 9 nitrogen and oxygen atoms in total. The minimum atomic E-state index is -4.66. The van der Waals surface area contributed by atoms with Crippen LogP contribution < -0.4 is 4.89 Å². The van der Waals surface area contributed by atoms with E-state index < -0.39 is 32.5 Å². The number of ether oxygens (including phenoxy) is 2. The van der Waals surface area contributed by atoms with Crippen molar-refractivity contribution in [2.45, 2.75) is 187 Å². The molecule has 0 aliphatic rings. The predicted molar refractivity (Wildman–Crippen MR) is 295 cm³/mol. The zero-order valence-electron chi connectivity index (χ0n) is 44.7. The number of phosphoric acid groups is 1. The molecular formula is C60H98NO8P. The molecule has 0 aliphatic heterocycles. The lowest BCUT2D eigenvalue weighted by atomic mass is 10.1. The van der Waals surface area contributed by atoms with Crippen LogP contribution in [0.5, 0.6) is 0 Å². The standard InChI is InChI=1S/C60H98NO8P/c1-6-8-10-12-14-16-18-20-22-24-26-27-28-29-30-31-32-33-35-37-39-41-43-45-47-49-51-53-60(63)69-58(57-68-70(64,65)67-55-54-61(3,4)5)56-66-59(62)52-50-48-46-44-42-40-38-36-34-25-23-21-19-17-15-13-11-9-7-2/h8,10,14-17,20-23,26-27,29-30,32-34,36-37,39,43,45,58H,6-7,9,11-13,18-19,24-25,28,31,35,38,40-42,44,46-57H2,1-5H3/b10-8-,16-14-,17-15-,22-20-,23-21-,27-26-,30-29-,33-32-,36-34-,39-37-,45-43-. The van der Waals surface area contributed by atoms with Crippen molar-refractivity contribution in [3.8, 4) is 0 Å². The molecule has 10 heteroatoms. The summed E-state index contributed by atoms with van der Waals surface area (Å²) < 4.78 is 34.0. The number of phosphoric ester groups is 1. The number of likely N-dealkylation sites (N-methyl/N-ethyl adjacent to an activating group) is 1. The van der Waals surface area contributed by atoms with Gasteiger partial charge in [0, 0.05) is 12.8 Å². The summed E-state index contributed by atoms with van der Waals surface area (Å²) in [5.41, 5.74) is 0. The lowest BCUT2D eigenvalue weighted by Crippen LogP contribution is -2.37. The SMILES string of the molecule is CC/C=C\C/C=C\C/C=C\C/C=C\C/C=C\C/C=C\C/C=C\C/C=C\CCCCC(=O)OC(COC(=O)CCCCCCCC/C=C\C/C=C\C/C=C\CCCCC)COP(=O)([O-])OCC[N+](C)(C)C. The minimum Gasteiger partial charge on any atom is -0.756 e. The van der Waals surface area contributed by atoms with Gasteiger partial charge >= 0.3 is 11.9 Å². The average Bonchev–Trinajstić information content (AvgIpc) is 3.32. The molecule has 0 bridgehead atoms. The van der Waals surface area contributed by atoms with E-state index in [4.69, 9.17) is 18.5 Å². The molecule has 0 aromatic carbocycles. The Labute approximate surface area is 428 Å². The lowest BCUT2D eigenvalue weighted by Gasteiger charge is -2.28.